The van der Waals surface area contributed by atoms with Crippen molar-refractivity contribution in [2.75, 3.05) is 0 Å². The fraction of sp³-hybridized carbons (Fsp3) is 0.500. The fourth-order valence-electron chi connectivity index (χ4n) is 2.47. The van der Waals surface area contributed by atoms with Crippen molar-refractivity contribution in [3.63, 3.8) is 0 Å². The second-order valence-electron chi connectivity index (χ2n) is 5.56. The van der Waals surface area contributed by atoms with Crippen molar-refractivity contribution in [1.82, 2.24) is 4.90 Å². The zero-order chi connectivity index (χ0) is 14.7. The molecule has 1 aromatic carbocycles. The van der Waals surface area contributed by atoms with Gasteiger partial charge in [-0.15, -0.1) is 0 Å². The van der Waals surface area contributed by atoms with Gasteiger partial charge in [0.1, 0.15) is 6.04 Å². The molecule has 1 saturated carbocycles. The first kappa shape index (κ1) is 14.6. The molecule has 2 unspecified atom stereocenters. The van der Waals surface area contributed by atoms with Crippen LogP contribution in [0.3, 0.4) is 0 Å². The van der Waals surface area contributed by atoms with Gasteiger partial charge in [-0.25, -0.2) is 4.79 Å². The van der Waals surface area contributed by atoms with Gasteiger partial charge >= 0.3 is 5.97 Å². The monoisotopic (exact) mass is 275 g/mol. The number of rotatable bonds is 6. The van der Waals surface area contributed by atoms with E-state index in [0.717, 1.165) is 18.4 Å². The summed E-state index contributed by atoms with van der Waals surface area (Å²) in [5, 5.41) is 9.14. The van der Waals surface area contributed by atoms with Crippen LogP contribution in [0.2, 0.25) is 0 Å². The summed E-state index contributed by atoms with van der Waals surface area (Å²) in [6.45, 7) is 3.59. The Morgan fingerprint density at radius 2 is 1.85 bits per heavy atom. The molecule has 0 aromatic heterocycles. The first-order valence-corrected chi connectivity index (χ1v) is 7.09. The van der Waals surface area contributed by atoms with Gasteiger partial charge in [-0.05, 0) is 31.2 Å². The summed E-state index contributed by atoms with van der Waals surface area (Å²) < 4.78 is 0. The molecule has 20 heavy (non-hydrogen) atoms. The first-order chi connectivity index (χ1) is 9.50. The molecule has 0 saturated heterocycles. The molecule has 0 bridgehead atoms. The Bertz CT molecular complexity index is 482. The van der Waals surface area contributed by atoms with Crippen LogP contribution in [0.25, 0.3) is 0 Å². The average molecular weight is 275 g/mol. The first-order valence-electron chi connectivity index (χ1n) is 7.09. The largest absolute Gasteiger partial charge is 0.480 e. The summed E-state index contributed by atoms with van der Waals surface area (Å²) in [6.07, 6.45) is 2.20. The molecular formula is C16H21NO3. The summed E-state index contributed by atoms with van der Waals surface area (Å²) in [7, 11) is 0. The molecule has 1 fully saturated rings. The molecule has 4 heteroatoms. The number of nitrogens with zero attached hydrogens (tertiary/aromatic N) is 1. The molecule has 0 radical (unpaired) electrons. The zero-order valence-corrected chi connectivity index (χ0v) is 12.0. The Kier molecular flexibility index (Phi) is 4.42. The normalized spacial score (nSPS) is 17.3. The summed E-state index contributed by atoms with van der Waals surface area (Å²) >= 11 is 0. The lowest BCUT2D eigenvalue weighted by atomic mass is 9.97. The third-order valence-electron chi connectivity index (χ3n) is 3.85. The van der Waals surface area contributed by atoms with E-state index in [-0.39, 0.29) is 17.9 Å². The van der Waals surface area contributed by atoms with E-state index in [1.54, 1.807) is 11.8 Å². The van der Waals surface area contributed by atoms with E-state index in [1.807, 2.05) is 37.3 Å². The highest BCUT2D eigenvalue weighted by molar-refractivity contribution is 5.84. The van der Waals surface area contributed by atoms with Crippen molar-refractivity contribution in [1.29, 1.82) is 0 Å². The number of aliphatic carboxylic acids is 1. The van der Waals surface area contributed by atoms with Gasteiger partial charge in [0, 0.05) is 12.5 Å². The number of carboxylic acids is 1. The number of hydrogen-bond acceptors (Lipinski definition) is 2. The van der Waals surface area contributed by atoms with Crippen LogP contribution in [0, 0.1) is 0 Å². The molecule has 1 amide bonds. The minimum absolute atomic E-state index is 0.0567. The van der Waals surface area contributed by atoms with Gasteiger partial charge in [0.15, 0.2) is 0 Å². The van der Waals surface area contributed by atoms with Gasteiger partial charge < -0.3 is 10.0 Å². The van der Waals surface area contributed by atoms with Crippen LogP contribution in [-0.4, -0.2) is 34.0 Å². The van der Waals surface area contributed by atoms with Crippen LogP contribution < -0.4 is 0 Å². The predicted octanol–water partition coefficient (Wildman–Crippen LogP) is 2.64. The third-order valence-corrected chi connectivity index (χ3v) is 3.85. The lowest BCUT2D eigenvalue weighted by Crippen LogP contribution is -2.45. The molecule has 1 aliphatic carbocycles. The second kappa shape index (κ2) is 6.07. The Morgan fingerprint density at radius 3 is 2.35 bits per heavy atom. The third kappa shape index (κ3) is 3.38. The van der Waals surface area contributed by atoms with Crippen LogP contribution in [0.1, 0.15) is 44.6 Å². The maximum atomic E-state index is 12.4. The van der Waals surface area contributed by atoms with Gasteiger partial charge in [-0.1, -0.05) is 37.3 Å². The van der Waals surface area contributed by atoms with E-state index in [9.17, 15) is 9.59 Å². The van der Waals surface area contributed by atoms with Gasteiger partial charge in [-0.3, -0.25) is 4.79 Å². The van der Waals surface area contributed by atoms with Gasteiger partial charge in [0.05, 0.1) is 0 Å². The molecule has 4 nitrogen and oxygen atoms in total. The zero-order valence-electron chi connectivity index (χ0n) is 12.0. The number of carbonyl (C=O) groups excluding carboxylic acids is 1. The van der Waals surface area contributed by atoms with E-state index >= 15 is 0 Å². The smallest absolute Gasteiger partial charge is 0.326 e. The maximum absolute atomic E-state index is 12.4. The standard InChI is InChI=1S/C16H21NO3/c1-11(13-6-4-3-5-7-13)10-15(18)17(14-8-9-14)12(2)16(19)20/h3-7,11-12,14H,8-10H2,1-2H3,(H,19,20). The van der Waals surface area contributed by atoms with Crippen LogP contribution >= 0.6 is 0 Å². The quantitative estimate of drug-likeness (QED) is 0.868. The minimum atomic E-state index is -0.933. The summed E-state index contributed by atoms with van der Waals surface area (Å²) in [5.74, 6) is -0.887. The van der Waals surface area contributed by atoms with E-state index in [2.05, 4.69) is 0 Å². The average Bonchev–Trinajstić information content (AvgIpc) is 3.24. The van der Waals surface area contributed by atoms with E-state index in [4.69, 9.17) is 5.11 Å². The highest BCUT2D eigenvalue weighted by Gasteiger charge is 2.38. The molecule has 2 rings (SSSR count). The summed E-state index contributed by atoms with van der Waals surface area (Å²) in [5.41, 5.74) is 1.11. The van der Waals surface area contributed by atoms with Crippen molar-refractivity contribution in [2.24, 2.45) is 0 Å². The Morgan fingerprint density at radius 1 is 1.25 bits per heavy atom. The van der Waals surface area contributed by atoms with Gasteiger partial charge in [-0.2, -0.15) is 0 Å². The Balaban J connectivity index is 2.03. The van der Waals surface area contributed by atoms with Crippen molar-refractivity contribution in [2.45, 2.75) is 51.1 Å². The summed E-state index contributed by atoms with van der Waals surface area (Å²) in [6, 6.07) is 9.24. The minimum Gasteiger partial charge on any atom is -0.480 e. The highest BCUT2D eigenvalue weighted by atomic mass is 16.4. The van der Waals surface area contributed by atoms with Gasteiger partial charge in [0.2, 0.25) is 5.91 Å². The van der Waals surface area contributed by atoms with E-state index in [1.165, 1.54) is 0 Å². The molecule has 1 aliphatic rings. The number of carboxylic acid groups (broad SMARTS) is 1. The number of carbonyl (C=O) groups is 2. The molecule has 0 aliphatic heterocycles. The van der Waals surface area contributed by atoms with Crippen LogP contribution in [0.5, 0.6) is 0 Å². The summed E-state index contributed by atoms with van der Waals surface area (Å²) in [4.78, 5) is 25.1. The van der Waals surface area contributed by atoms with Crippen LogP contribution in [0.15, 0.2) is 30.3 Å². The predicted molar refractivity (Wildman–Crippen MR) is 76.4 cm³/mol. The molecule has 0 spiro atoms. The number of amides is 1. The molecule has 1 N–H and O–H groups in total. The number of benzene rings is 1. The molecule has 108 valence electrons. The van der Waals surface area contributed by atoms with Crippen molar-refractivity contribution >= 4 is 11.9 Å². The van der Waals surface area contributed by atoms with Crippen molar-refractivity contribution < 1.29 is 14.7 Å². The van der Waals surface area contributed by atoms with E-state index in [0.29, 0.717) is 6.42 Å². The Hall–Kier alpha value is -1.84. The fourth-order valence-corrected chi connectivity index (χ4v) is 2.47. The van der Waals surface area contributed by atoms with Crippen LogP contribution in [0.4, 0.5) is 0 Å². The SMILES string of the molecule is CC(CC(=O)N(C1CC1)C(C)C(=O)O)c1ccccc1. The van der Waals surface area contributed by atoms with Crippen molar-refractivity contribution in [3.05, 3.63) is 35.9 Å². The lowest BCUT2D eigenvalue weighted by molar-refractivity contribution is -0.150. The second-order valence-corrected chi connectivity index (χ2v) is 5.56. The lowest BCUT2D eigenvalue weighted by Gasteiger charge is -2.27. The maximum Gasteiger partial charge on any atom is 0.326 e. The van der Waals surface area contributed by atoms with Gasteiger partial charge in [0.25, 0.3) is 0 Å². The van der Waals surface area contributed by atoms with Crippen LogP contribution in [-0.2, 0) is 9.59 Å². The Labute approximate surface area is 119 Å². The van der Waals surface area contributed by atoms with E-state index < -0.39 is 12.0 Å². The highest BCUT2D eigenvalue weighted by Crippen LogP contribution is 2.31. The molecule has 2 atom stereocenters. The molecule has 1 aromatic rings. The molecule has 0 heterocycles. The molecular weight excluding hydrogens is 254 g/mol. The van der Waals surface area contributed by atoms with Crippen molar-refractivity contribution in [3.8, 4) is 0 Å². The number of hydrogen-bond donors (Lipinski definition) is 1. The topological polar surface area (TPSA) is 57.6 Å².